The van der Waals surface area contributed by atoms with Crippen molar-refractivity contribution in [1.82, 2.24) is 5.16 Å². The van der Waals surface area contributed by atoms with Gasteiger partial charge in [-0.2, -0.15) is 0 Å². The lowest BCUT2D eigenvalue weighted by Gasteiger charge is -2.31. The molecule has 0 fully saturated rings. The third-order valence-corrected chi connectivity index (χ3v) is 5.56. The Bertz CT molecular complexity index is 1170. The van der Waals surface area contributed by atoms with Gasteiger partial charge in [0.05, 0.1) is 15.6 Å². The molecule has 0 amide bonds. The van der Waals surface area contributed by atoms with Crippen molar-refractivity contribution in [3.05, 3.63) is 69.4 Å². The van der Waals surface area contributed by atoms with Gasteiger partial charge >= 0.3 is 5.97 Å². The lowest BCUT2D eigenvalue weighted by molar-refractivity contribution is 0.0733. The first kappa shape index (κ1) is 20.5. The number of hydrogen-bond donors (Lipinski definition) is 1. The molecule has 154 valence electrons. The Morgan fingerprint density at radius 1 is 1.13 bits per heavy atom. The number of hydrogen-bond acceptors (Lipinski definition) is 5. The van der Waals surface area contributed by atoms with Crippen LogP contribution < -0.4 is 10.1 Å². The molecular weight excluding hydrogens is 423 g/mol. The lowest BCUT2D eigenvalue weighted by atomic mass is 9.91. The molecule has 0 bridgehead atoms. The van der Waals surface area contributed by atoms with E-state index < -0.39 is 5.97 Å². The van der Waals surface area contributed by atoms with Gasteiger partial charge < -0.3 is 14.6 Å². The van der Waals surface area contributed by atoms with Crippen molar-refractivity contribution < 1.29 is 14.1 Å². The molecule has 0 atom stereocenters. The van der Waals surface area contributed by atoms with E-state index in [0.717, 1.165) is 16.8 Å². The van der Waals surface area contributed by atoms with Crippen LogP contribution in [0, 0.1) is 6.92 Å². The zero-order valence-electron chi connectivity index (χ0n) is 17.0. The third kappa shape index (κ3) is 3.71. The van der Waals surface area contributed by atoms with Crippen LogP contribution in [0.3, 0.4) is 0 Å². The van der Waals surface area contributed by atoms with Crippen LogP contribution in [-0.4, -0.2) is 16.7 Å². The molecule has 1 N–H and O–H groups in total. The minimum Gasteiger partial charge on any atom is -0.423 e. The van der Waals surface area contributed by atoms with Gasteiger partial charge in [-0.15, -0.1) is 0 Å². The summed E-state index contributed by atoms with van der Waals surface area (Å²) < 4.78 is 10.9. The van der Waals surface area contributed by atoms with E-state index in [0.29, 0.717) is 27.1 Å². The highest BCUT2D eigenvalue weighted by Crippen LogP contribution is 2.38. The molecule has 7 heteroatoms. The molecular formula is C23H20Cl2N2O3. The van der Waals surface area contributed by atoms with E-state index in [1.807, 2.05) is 19.1 Å². The van der Waals surface area contributed by atoms with Crippen LogP contribution in [0.1, 0.15) is 42.5 Å². The molecule has 0 saturated heterocycles. The Hall–Kier alpha value is -2.76. The molecule has 30 heavy (non-hydrogen) atoms. The number of esters is 1. The van der Waals surface area contributed by atoms with Crippen LogP contribution in [-0.2, 0) is 0 Å². The zero-order valence-corrected chi connectivity index (χ0v) is 18.5. The summed E-state index contributed by atoms with van der Waals surface area (Å²) in [6.45, 7) is 7.88. The fourth-order valence-corrected chi connectivity index (χ4v) is 4.27. The molecule has 2 heterocycles. The molecule has 5 nitrogen and oxygen atoms in total. The highest BCUT2D eigenvalue weighted by molar-refractivity contribution is 6.39. The number of anilines is 1. The van der Waals surface area contributed by atoms with Gasteiger partial charge in [0.25, 0.3) is 0 Å². The second-order valence-corrected chi connectivity index (χ2v) is 8.64. The highest BCUT2D eigenvalue weighted by Gasteiger charge is 2.27. The smallest absolute Gasteiger partial charge is 0.349 e. The maximum atomic E-state index is 13.0. The first-order valence-corrected chi connectivity index (χ1v) is 10.2. The number of carbonyl (C=O) groups is 1. The Balaban J connectivity index is 1.69. The molecule has 1 aliphatic rings. The van der Waals surface area contributed by atoms with Gasteiger partial charge in [0.2, 0.25) is 0 Å². The summed E-state index contributed by atoms with van der Waals surface area (Å²) in [6, 6.07) is 10.6. The number of aromatic nitrogens is 1. The van der Waals surface area contributed by atoms with Gasteiger partial charge in [0.15, 0.2) is 0 Å². The van der Waals surface area contributed by atoms with Crippen LogP contribution in [0.4, 0.5) is 5.69 Å². The maximum absolute atomic E-state index is 13.0. The van der Waals surface area contributed by atoms with Crippen LogP contribution in [0.5, 0.6) is 5.75 Å². The number of nitrogens with one attached hydrogen (secondary N) is 1. The molecule has 4 rings (SSSR count). The molecule has 1 aromatic heterocycles. The summed E-state index contributed by atoms with van der Waals surface area (Å²) in [4.78, 5) is 13.0. The maximum Gasteiger partial charge on any atom is 0.349 e. The van der Waals surface area contributed by atoms with Crippen molar-refractivity contribution in [2.24, 2.45) is 0 Å². The van der Waals surface area contributed by atoms with Gasteiger partial charge in [0, 0.05) is 16.8 Å². The van der Waals surface area contributed by atoms with Crippen LogP contribution >= 0.6 is 23.2 Å². The molecule has 2 aromatic carbocycles. The molecule has 0 spiro atoms. The number of ether oxygens (including phenoxy) is 1. The molecule has 0 radical (unpaired) electrons. The number of halogens is 2. The summed E-state index contributed by atoms with van der Waals surface area (Å²) >= 11 is 12.6. The number of allylic oxidation sites excluding steroid dienone is 1. The van der Waals surface area contributed by atoms with E-state index in [2.05, 4.69) is 30.4 Å². The van der Waals surface area contributed by atoms with Crippen LogP contribution in [0.25, 0.3) is 16.8 Å². The Labute approximate surface area is 184 Å². The Morgan fingerprint density at radius 2 is 1.83 bits per heavy atom. The highest BCUT2D eigenvalue weighted by atomic mass is 35.5. The normalized spacial score (nSPS) is 14.5. The van der Waals surface area contributed by atoms with Gasteiger partial charge in [-0.1, -0.05) is 40.5 Å². The van der Waals surface area contributed by atoms with E-state index in [1.165, 1.54) is 0 Å². The van der Waals surface area contributed by atoms with Crippen LogP contribution in [0.15, 0.2) is 47.0 Å². The quantitative estimate of drug-likeness (QED) is 0.357. The SMILES string of the molecule is CC1=CC(C)(C)Nc2ccc(OC(=O)c3c(-c4c(Cl)cccc4Cl)noc3C)cc21. The minimum absolute atomic E-state index is 0.141. The average Bonchev–Trinajstić information content (AvgIpc) is 3.02. The van der Waals surface area contributed by atoms with E-state index >= 15 is 0 Å². The standard InChI is InChI=1S/C23H20Cl2N2O3/c1-12-11-23(3,4)26-18-9-8-14(10-15(12)18)29-22(28)19-13(2)30-27-21(19)20-16(24)6-5-7-17(20)25/h5-11,26H,1-4H3. The second kappa shape index (κ2) is 7.49. The van der Waals surface area contributed by atoms with E-state index in [-0.39, 0.29) is 16.8 Å². The first-order valence-electron chi connectivity index (χ1n) is 9.41. The number of benzene rings is 2. The molecule has 3 aromatic rings. The molecule has 0 saturated carbocycles. The second-order valence-electron chi connectivity index (χ2n) is 7.83. The number of nitrogens with zero attached hydrogens (tertiary/aromatic N) is 1. The van der Waals surface area contributed by atoms with Crippen LogP contribution in [0.2, 0.25) is 10.0 Å². The minimum atomic E-state index is -0.592. The van der Waals surface area contributed by atoms with Crippen molar-refractivity contribution in [1.29, 1.82) is 0 Å². The lowest BCUT2D eigenvalue weighted by Crippen LogP contribution is -2.31. The zero-order chi connectivity index (χ0) is 21.6. The first-order chi connectivity index (χ1) is 14.2. The molecule has 0 aliphatic carbocycles. The Morgan fingerprint density at radius 3 is 2.53 bits per heavy atom. The number of fused-ring (bicyclic) bond motifs is 1. The van der Waals surface area contributed by atoms with E-state index in [9.17, 15) is 4.79 Å². The molecule has 1 aliphatic heterocycles. The van der Waals surface area contributed by atoms with Crippen molar-refractivity contribution in [2.75, 3.05) is 5.32 Å². The summed E-state index contributed by atoms with van der Waals surface area (Å²) in [5.74, 6) is 0.152. The van der Waals surface area contributed by atoms with Crippen molar-refractivity contribution in [3.63, 3.8) is 0 Å². The number of aryl methyl sites for hydroxylation is 1. The van der Waals surface area contributed by atoms with Gasteiger partial charge in [-0.25, -0.2) is 4.79 Å². The fourth-order valence-electron chi connectivity index (χ4n) is 3.69. The largest absolute Gasteiger partial charge is 0.423 e. The van der Waals surface area contributed by atoms with E-state index in [4.69, 9.17) is 32.5 Å². The predicted octanol–water partition coefficient (Wildman–Crippen LogP) is 6.78. The van der Waals surface area contributed by atoms with Gasteiger partial charge in [0.1, 0.15) is 22.8 Å². The number of rotatable bonds is 3. The van der Waals surface area contributed by atoms with Crippen molar-refractivity contribution in [2.45, 2.75) is 33.2 Å². The molecule has 0 unspecified atom stereocenters. The summed E-state index contributed by atoms with van der Waals surface area (Å²) in [7, 11) is 0. The Kier molecular flexibility index (Phi) is 5.12. The van der Waals surface area contributed by atoms with Gasteiger partial charge in [-0.05, 0) is 63.6 Å². The topological polar surface area (TPSA) is 64.4 Å². The fraction of sp³-hybridized carbons (Fsp3) is 0.217. The summed E-state index contributed by atoms with van der Waals surface area (Å²) in [5, 5.41) is 8.20. The summed E-state index contributed by atoms with van der Waals surface area (Å²) in [6.07, 6.45) is 2.14. The van der Waals surface area contributed by atoms with Crippen molar-refractivity contribution in [3.8, 4) is 17.0 Å². The third-order valence-electron chi connectivity index (χ3n) is 4.93. The predicted molar refractivity (Wildman–Crippen MR) is 119 cm³/mol. The number of carbonyl (C=O) groups excluding carboxylic acids is 1. The van der Waals surface area contributed by atoms with Crippen molar-refractivity contribution >= 4 is 40.4 Å². The van der Waals surface area contributed by atoms with Gasteiger partial charge in [-0.3, -0.25) is 0 Å². The average molecular weight is 443 g/mol. The monoisotopic (exact) mass is 442 g/mol. The summed E-state index contributed by atoms with van der Waals surface area (Å²) in [5.41, 5.74) is 3.81. The van der Waals surface area contributed by atoms with E-state index in [1.54, 1.807) is 31.2 Å².